The number of benzene rings is 2. The van der Waals surface area contributed by atoms with E-state index in [1.165, 1.54) is 0 Å². The minimum Gasteiger partial charge on any atom is -0.507 e. The van der Waals surface area contributed by atoms with Crippen molar-refractivity contribution in [3.63, 3.8) is 0 Å². The number of pyridine rings is 1. The van der Waals surface area contributed by atoms with Gasteiger partial charge in [0.15, 0.2) is 11.6 Å². The van der Waals surface area contributed by atoms with Crippen molar-refractivity contribution in [1.29, 1.82) is 0 Å². The molecule has 0 bridgehead atoms. The van der Waals surface area contributed by atoms with Gasteiger partial charge in [-0.15, -0.1) is 0 Å². The normalized spacial score (nSPS) is 13.0. The van der Waals surface area contributed by atoms with Crippen LogP contribution in [0.3, 0.4) is 0 Å². The van der Waals surface area contributed by atoms with Gasteiger partial charge in [0.05, 0.1) is 11.1 Å². The molecule has 1 heterocycles. The average molecular weight is 375 g/mol. The van der Waals surface area contributed by atoms with E-state index in [1.54, 1.807) is 31.3 Å². The molecule has 0 unspecified atom stereocenters. The number of nitrogens with zero attached hydrogens (tertiary/aromatic N) is 2. The zero-order valence-corrected chi connectivity index (χ0v) is 16.0. The largest absolute Gasteiger partial charge is 0.507 e. The molecule has 1 aromatic heterocycles. The van der Waals surface area contributed by atoms with E-state index in [2.05, 4.69) is 10.3 Å². The van der Waals surface area contributed by atoms with Gasteiger partial charge in [-0.2, -0.15) is 0 Å². The lowest BCUT2D eigenvalue weighted by atomic mass is 9.81. The maximum absolute atomic E-state index is 13.4. The van der Waals surface area contributed by atoms with Crippen LogP contribution in [0, 0.1) is 6.92 Å². The second kappa shape index (κ2) is 6.73. The van der Waals surface area contributed by atoms with Crippen LogP contribution in [0.15, 0.2) is 36.5 Å². The highest BCUT2D eigenvalue weighted by Gasteiger charge is 2.36. The monoisotopic (exact) mass is 375 g/mol. The Bertz CT molecular complexity index is 1140. The van der Waals surface area contributed by atoms with E-state index in [9.17, 15) is 14.7 Å². The predicted molar refractivity (Wildman–Crippen MR) is 108 cm³/mol. The SMILES string of the molecule is Cc1cnc(NCCN(C)C)c2c1C(=O)c1c(cc3ccccc3c1O)C2=O. The van der Waals surface area contributed by atoms with Gasteiger partial charge in [0, 0.05) is 35.8 Å². The molecule has 0 fully saturated rings. The number of carbonyl (C=O) groups is 2. The Morgan fingerprint density at radius 1 is 1.07 bits per heavy atom. The third kappa shape index (κ3) is 2.73. The van der Waals surface area contributed by atoms with Crippen LogP contribution in [0.4, 0.5) is 5.82 Å². The molecule has 0 radical (unpaired) electrons. The first-order valence-corrected chi connectivity index (χ1v) is 9.12. The number of rotatable bonds is 4. The van der Waals surface area contributed by atoms with E-state index in [0.29, 0.717) is 34.3 Å². The van der Waals surface area contributed by atoms with E-state index < -0.39 is 0 Å². The van der Waals surface area contributed by atoms with E-state index in [4.69, 9.17) is 0 Å². The molecule has 142 valence electrons. The fourth-order valence-corrected chi connectivity index (χ4v) is 3.65. The lowest BCUT2D eigenvalue weighted by Crippen LogP contribution is -2.26. The highest BCUT2D eigenvalue weighted by atomic mass is 16.3. The van der Waals surface area contributed by atoms with Crippen LogP contribution in [0.2, 0.25) is 0 Å². The van der Waals surface area contributed by atoms with Crippen molar-refractivity contribution >= 4 is 28.2 Å². The Morgan fingerprint density at radius 2 is 1.82 bits per heavy atom. The number of aryl methyl sites for hydroxylation is 1. The molecule has 1 aliphatic rings. The number of phenolic OH excluding ortho intramolecular Hbond substituents is 1. The maximum atomic E-state index is 13.4. The summed E-state index contributed by atoms with van der Waals surface area (Å²) in [5, 5.41) is 15.2. The zero-order valence-electron chi connectivity index (χ0n) is 16.0. The number of ketones is 2. The van der Waals surface area contributed by atoms with Gasteiger partial charge in [-0.1, -0.05) is 24.3 Å². The van der Waals surface area contributed by atoms with Crippen molar-refractivity contribution in [2.75, 3.05) is 32.5 Å². The molecule has 1 aliphatic carbocycles. The Kier molecular flexibility index (Phi) is 4.35. The van der Waals surface area contributed by atoms with Crippen LogP contribution in [-0.4, -0.2) is 53.7 Å². The summed E-state index contributed by atoms with van der Waals surface area (Å²) < 4.78 is 0. The molecule has 4 rings (SSSR count). The van der Waals surface area contributed by atoms with Crippen molar-refractivity contribution in [3.8, 4) is 5.75 Å². The molecule has 2 N–H and O–H groups in total. The molecule has 0 saturated carbocycles. The number of fused-ring (bicyclic) bond motifs is 3. The summed E-state index contributed by atoms with van der Waals surface area (Å²) in [5.41, 5.74) is 1.50. The van der Waals surface area contributed by atoms with Crippen molar-refractivity contribution in [2.24, 2.45) is 0 Å². The first-order chi connectivity index (χ1) is 13.4. The molecule has 0 spiro atoms. The quantitative estimate of drug-likeness (QED) is 0.571. The van der Waals surface area contributed by atoms with Crippen molar-refractivity contribution < 1.29 is 14.7 Å². The second-order valence-corrected chi connectivity index (χ2v) is 7.30. The number of anilines is 1. The topological polar surface area (TPSA) is 82.5 Å². The standard InChI is InChI=1S/C22H21N3O3/c1-12-11-24-22(23-8-9-25(2)3)18-16(12)21(28)17-15(20(18)27)10-13-6-4-5-7-14(13)19(17)26/h4-7,10-11,26H,8-9H2,1-3H3,(H,23,24). The first kappa shape index (κ1) is 18.1. The Morgan fingerprint density at radius 3 is 2.57 bits per heavy atom. The Balaban J connectivity index is 1.91. The van der Waals surface area contributed by atoms with Gasteiger partial charge < -0.3 is 15.3 Å². The number of aromatic nitrogens is 1. The number of likely N-dealkylation sites (N-methyl/N-ethyl adjacent to an activating group) is 1. The summed E-state index contributed by atoms with van der Waals surface area (Å²) >= 11 is 0. The fraction of sp³-hybridized carbons (Fsp3) is 0.227. The molecular formula is C22H21N3O3. The molecule has 0 aliphatic heterocycles. The third-order valence-corrected chi connectivity index (χ3v) is 5.07. The van der Waals surface area contributed by atoms with Crippen LogP contribution in [0.1, 0.15) is 37.4 Å². The molecule has 28 heavy (non-hydrogen) atoms. The Labute approximate surface area is 162 Å². The first-order valence-electron chi connectivity index (χ1n) is 9.12. The van der Waals surface area contributed by atoms with E-state index in [-0.39, 0.29) is 34.0 Å². The van der Waals surface area contributed by atoms with Crippen LogP contribution < -0.4 is 5.32 Å². The molecular weight excluding hydrogens is 354 g/mol. The summed E-state index contributed by atoms with van der Waals surface area (Å²) in [5.74, 6) is -0.382. The van der Waals surface area contributed by atoms with Gasteiger partial charge in [0.2, 0.25) is 0 Å². The average Bonchev–Trinajstić information content (AvgIpc) is 2.66. The Hall–Kier alpha value is -3.25. The van der Waals surface area contributed by atoms with Gasteiger partial charge in [0.25, 0.3) is 0 Å². The molecule has 2 aromatic carbocycles. The fourth-order valence-electron chi connectivity index (χ4n) is 3.65. The number of hydrogen-bond donors (Lipinski definition) is 2. The summed E-state index contributed by atoms with van der Waals surface area (Å²) in [6, 6.07) is 8.86. The van der Waals surface area contributed by atoms with Crippen LogP contribution in [0.5, 0.6) is 5.75 Å². The molecule has 0 atom stereocenters. The summed E-state index contributed by atoms with van der Waals surface area (Å²) in [6.45, 7) is 3.10. The summed E-state index contributed by atoms with van der Waals surface area (Å²) in [6.07, 6.45) is 1.59. The van der Waals surface area contributed by atoms with Crippen LogP contribution >= 0.6 is 0 Å². The number of phenols is 1. The second-order valence-electron chi connectivity index (χ2n) is 7.30. The van der Waals surface area contributed by atoms with Gasteiger partial charge >= 0.3 is 0 Å². The number of hydrogen-bond acceptors (Lipinski definition) is 6. The highest BCUT2D eigenvalue weighted by molar-refractivity contribution is 6.32. The number of carbonyl (C=O) groups excluding carboxylic acids is 2. The zero-order chi connectivity index (χ0) is 20.0. The third-order valence-electron chi connectivity index (χ3n) is 5.07. The maximum Gasteiger partial charge on any atom is 0.198 e. The van der Waals surface area contributed by atoms with E-state index in [1.807, 2.05) is 31.1 Å². The lowest BCUT2D eigenvalue weighted by molar-refractivity contribution is 0.0976. The number of nitrogens with one attached hydrogen (secondary N) is 1. The molecule has 0 saturated heterocycles. The van der Waals surface area contributed by atoms with Gasteiger partial charge in [0.1, 0.15) is 11.6 Å². The molecule has 6 nitrogen and oxygen atoms in total. The van der Waals surface area contributed by atoms with E-state index >= 15 is 0 Å². The minimum absolute atomic E-state index is 0.0738. The van der Waals surface area contributed by atoms with Gasteiger partial charge in [-0.25, -0.2) is 4.98 Å². The predicted octanol–water partition coefficient (Wildman–Crippen LogP) is 3.00. The smallest absolute Gasteiger partial charge is 0.198 e. The van der Waals surface area contributed by atoms with Gasteiger partial charge in [-0.05, 0) is 38.0 Å². The summed E-state index contributed by atoms with van der Waals surface area (Å²) in [7, 11) is 3.91. The van der Waals surface area contributed by atoms with E-state index in [0.717, 1.165) is 6.54 Å². The minimum atomic E-state index is -0.344. The van der Waals surface area contributed by atoms with Crippen LogP contribution in [-0.2, 0) is 0 Å². The molecule has 3 aromatic rings. The van der Waals surface area contributed by atoms with Gasteiger partial charge in [-0.3, -0.25) is 9.59 Å². The van der Waals surface area contributed by atoms with Crippen molar-refractivity contribution in [2.45, 2.75) is 6.92 Å². The summed E-state index contributed by atoms with van der Waals surface area (Å²) in [4.78, 5) is 33.0. The molecule has 0 amide bonds. The highest BCUT2D eigenvalue weighted by Crippen LogP contribution is 2.40. The van der Waals surface area contributed by atoms with Crippen molar-refractivity contribution in [3.05, 3.63) is 64.3 Å². The lowest BCUT2D eigenvalue weighted by Gasteiger charge is -2.23. The van der Waals surface area contributed by atoms with Crippen LogP contribution in [0.25, 0.3) is 10.8 Å². The molecule has 6 heteroatoms. The van der Waals surface area contributed by atoms with Crippen molar-refractivity contribution in [1.82, 2.24) is 9.88 Å². The number of aromatic hydroxyl groups is 1.